The van der Waals surface area contributed by atoms with E-state index >= 15 is 0 Å². The minimum atomic E-state index is -4.39. The molecule has 20 heavy (non-hydrogen) atoms. The summed E-state index contributed by atoms with van der Waals surface area (Å²) in [6.45, 7) is 1.20. The maximum Gasteiger partial charge on any atom is 0.418 e. The van der Waals surface area contributed by atoms with Gasteiger partial charge in [0.2, 0.25) is 0 Å². The molecule has 1 heterocycles. The van der Waals surface area contributed by atoms with Gasteiger partial charge in [0, 0.05) is 36.8 Å². The van der Waals surface area contributed by atoms with Crippen molar-refractivity contribution < 1.29 is 22.6 Å². The second-order valence-electron chi connectivity index (χ2n) is 4.73. The molecule has 0 aromatic heterocycles. The Balaban J connectivity index is 2.18. The van der Waals surface area contributed by atoms with Gasteiger partial charge in [-0.05, 0) is 18.2 Å². The highest BCUT2D eigenvalue weighted by molar-refractivity contribution is 9.10. The first kappa shape index (κ1) is 15.6. The Kier molecular flexibility index (Phi) is 4.61. The maximum absolute atomic E-state index is 12.9. The number of nitrogens with one attached hydrogen (secondary N) is 1. The van der Waals surface area contributed by atoms with Gasteiger partial charge in [-0.3, -0.25) is 0 Å². The first-order valence-corrected chi connectivity index (χ1v) is 6.89. The molecule has 1 N–H and O–H groups in total. The molecule has 1 aliphatic heterocycles. The predicted octanol–water partition coefficient (Wildman–Crippen LogP) is 3.69. The molecule has 1 aromatic carbocycles. The summed E-state index contributed by atoms with van der Waals surface area (Å²) in [5.74, 6) is 0. The molecule has 0 saturated carbocycles. The molecule has 3 nitrogen and oxygen atoms in total. The highest BCUT2D eigenvalue weighted by Crippen LogP contribution is 2.36. The van der Waals surface area contributed by atoms with Crippen LogP contribution >= 0.6 is 15.9 Å². The van der Waals surface area contributed by atoms with E-state index in [0.29, 0.717) is 24.1 Å². The molecule has 1 fully saturated rings. The number of methoxy groups -OCH3 is 1. The Labute approximate surface area is 123 Å². The molecule has 1 atom stereocenters. The molecular formula is C13H15BrF3NO2. The average Bonchev–Trinajstić information content (AvgIpc) is 2.84. The first-order chi connectivity index (χ1) is 9.36. The van der Waals surface area contributed by atoms with E-state index in [1.54, 1.807) is 7.11 Å². The molecule has 1 unspecified atom stereocenters. The lowest BCUT2D eigenvalue weighted by atomic mass is 10.0. The third-order valence-electron chi connectivity index (χ3n) is 3.39. The van der Waals surface area contributed by atoms with Crippen LogP contribution in [-0.4, -0.2) is 32.5 Å². The quantitative estimate of drug-likeness (QED) is 0.895. The minimum absolute atomic E-state index is 0.0372. The van der Waals surface area contributed by atoms with Crippen molar-refractivity contribution in [2.75, 3.05) is 32.2 Å². The smallest absolute Gasteiger partial charge is 0.382 e. The summed E-state index contributed by atoms with van der Waals surface area (Å²) in [7, 11) is 1.54. The number of ether oxygens (including phenoxy) is 2. The molecule has 0 radical (unpaired) electrons. The fourth-order valence-electron chi connectivity index (χ4n) is 2.13. The largest absolute Gasteiger partial charge is 0.418 e. The van der Waals surface area contributed by atoms with Crippen molar-refractivity contribution in [2.45, 2.75) is 18.2 Å². The third-order valence-corrected chi connectivity index (χ3v) is 3.88. The molecule has 0 bridgehead atoms. The van der Waals surface area contributed by atoms with Crippen molar-refractivity contribution in [3.05, 3.63) is 28.2 Å². The summed E-state index contributed by atoms with van der Waals surface area (Å²) in [5, 5.41) is 2.84. The second-order valence-corrected chi connectivity index (χ2v) is 5.65. The SMILES string of the molecule is COC1(CNc2cc(Br)ccc2C(F)(F)F)CCOC1. The molecule has 7 heteroatoms. The molecule has 112 valence electrons. The standard InChI is InChI=1S/C13H15BrF3NO2/c1-19-12(4-5-20-8-12)7-18-11-6-9(14)2-3-10(11)13(15,16)17/h2-3,6,18H,4-5,7-8H2,1H3. The fourth-order valence-corrected chi connectivity index (χ4v) is 2.49. The first-order valence-electron chi connectivity index (χ1n) is 6.10. The van der Waals surface area contributed by atoms with E-state index in [1.165, 1.54) is 12.1 Å². The van der Waals surface area contributed by atoms with Crippen LogP contribution in [0.3, 0.4) is 0 Å². The molecule has 1 aliphatic rings. The molecular weight excluding hydrogens is 339 g/mol. The van der Waals surface area contributed by atoms with Crippen LogP contribution < -0.4 is 5.32 Å². The number of alkyl halides is 3. The molecule has 0 spiro atoms. The fraction of sp³-hybridized carbons (Fsp3) is 0.538. The highest BCUT2D eigenvalue weighted by Gasteiger charge is 2.37. The zero-order chi connectivity index (χ0) is 14.8. The van der Waals surface area contributed by atoms with Crippen LogP contribution in [-0.2, 0) is 15.7 Å². The lowest BCUT2D eigenvalue weighted by molar-refractivity contribution is -0.137. The molecule has 1 saturated heterocycles. The summed E-state index contributed by atoms with van der Waals surface area (Å²) < 4.78 is 50.1. The van der Waals surface area contributed by atoms with Crippen molar-refractivity contribution in [2.24, 2.45) is 0 Å². The van der Waals surface area contributed by atoms with Crippen LogP contribution in [0.4, 0.5) is 18.9 Å². The van der Waals surface area contributed by atoms with Crippen LogP contribution in [0.15, 0.2) is 22.7 Å². The Morgan fingerprint density at radius 1 is 1.45 bits per heavy atom. The molecule has 1 aromatic rings. The number of anilines is 1. The van der Waals surface area contributed by atoms with Gasteiger partial charge in [0.05, 0.1) is 12.2 Å². The lowest BCUT2D eigenvalue weighted by Gasteiger charge is -2.27. The highest BCUT2D eigenvalue weighted by atomic mass is 79.9. The summed E-state index contributed by atoms with van der Waals surface area (Å²) in [4.78, 5) is 0. The normalized spacial score (nSPS) is 23.1. The van der Waals surface area contributed by atoms with E-state index in [-0.39, 0.29) is 12.2 Å². The van der Waals surface area contributed by atoms with E-state index in [1.807, 2.05) is 0 Å². The maximum atomic E-state index is 12.9. The number of hydrogen-bond donors (Lipinski definition) is 1. The zero-order valence-electron chi connectivity index (χ0n) is 10.9. The third kappa shape index (κ3) is 3.45. The van der Waals surface area contributed by atoms with Crippen LogP contribution in [0.1, 0.15) is 12.0 Å². The number of hydrogen-bond acceptors (Lipinski definition) is 3. The van der Waals surface area contributed by atoms with Gasteiger partial charge in [0.15, 0.2) is 0 Å². The van der Waals surface area contributed by atoms with Crippen molar-refractivity contribution in [3.8, 4) is 0 Å². The molecule has 0 aliphatic carbocycles. The van der Waals surface area contributed by atoms with Gasteiger partial charge in [-0.2, -0.15) is 13.2 Å². The van der Waals surface area contributed by atoms with Crippen molar-refractivity contribution in [3.63, 3.8) is 0 Å². The van der Waals surface area contributed by atoms with E-state index < -0.39 is 17.3 Å². The minimum Gasteiger partial charge on any atom is -0.382 e. The van der Waals surface area contributed by atoms with Crippen molar-refractivity contribution in [1.29, 1.82) is 0 Å². The second kappa shape index (κ2) is 5.91. The lowest BCUT2D eigenvalue weighted by Crippen LogP contribution is -2.39. The van der Waals surface area contributed by atoms with Crippen molar-refractivity contribution in [1.82, 2.24) is 0 Å². The van der Waals surface area contributed by atoms with Crippen LogP contribution in [0.2, 0.25) is 0 Å². The monoisotopic (exact) mass is 353 g/mol. The van der Waals surface area contributed by atoms with Crippen LogP contribution in [0.25, 0.3) is 0 Å². The van der Waals surface area contributed by atoms with Crippen LogP contribution in [0.5, 0.6) is 0 Å². The Hall–Kier alpha value is -0.790. The zero-order valence-corrected chi connectivity index (χ0v) is 12.5. The number of benzene rings is 1. The van der Waals surface area contributed by atoms with Gasteiger partial charge in [0.25, 0.3) is 0 Å². The van der Waals surface area contributed by atoms with E-state index in [0.717, 1.165) is 6.07 Å². The summed E-state index contributed by atoms with van der Waals surface area (Å²) in [5.41, 5.74) is -1.22. The van der Waals surface area contributed by atoms with Gasteiger partial charge in [0.1, 0.15) is 5.60 Å². The topological polar surface area (TPSA) is 30.5 Å². The summed E-state index contributed by atoms with van der Waals surface area (Å²) in [6, 6.07) is 3.85. The van der Waals surface area contributed by atoms with Crippen LogP contribution in [0, 0.1) is 0 Å². The van der Waals surface area contributed by atoms with Gasteiger partial charge >= 0.3 is 6.18 Å². The van der Waals surface area contributed by atoms with E-state index in [4.69, 9.17) is 9.47 Å². The van der Waals surface area contributed by atoms with Gasteiger partial charge in [-0.1, -0.05) is 15.9 Å². The van der Waals surface area contributed by atoms with Gasteiger partial charge < -0.3 is 14.8 Å². The average molecular weight is 354 g/mol. The Morgan fingerprint density at radius 2 is 2.20 bits per heavy atom. The molecule has 2 rings (SSSR count). The predicted molar refractivity (Wildman–Crippen MR) is 72.8 cm³/mol. The Bertz CT molecular complexity index is 473. The van der Waals surface area contributed by atoms with Gasteiger partial charge in [-0.25, -0.2) is 0 Å². The van der Waals surface area contributed by atoms with E-state index in [9.17, 15) is 13.2 Å². The Morgan fingerprint density at radius 3 is 2.75 bits per heavy atom. The van der Waals surface area contributed by atoms with Crippen molar-refractivity contribution >= 4 is 21.6 Å². The number of rotatable bonds is 4. The summed E-state index contributed by atoms with van der Waals surface area (Å²) in [6.07, 6.45) is -3.73. The summed E-state index contributed by atoms with van der Waals surface area (Å²) >= 11 is 3.18. The van der Waals surface area contributed by atoms with Gasteiger partial charge in [-0.15, -0.1) is 0 Å². The number of halogens is 4. The van der Waals surface area contributed by atoms with E-state index in [2.05, 4.69) is 21.2 Å². The molecule has 0 amide bonds.